The largest absolute Gasteiger partial charge is 0.481 e. The molecule has 0 aromatic carbocycles. The van der Waals surface area contributed by atoms with Crippen LogP contribution in [0.3, 0.4) is 0 Å². The molecule has 0 amide bonds. The summed E-state index contributed by atoms with van der Waals surface area (Å²) >= 11 is 0. The van der Waals surface area contributed by atoms with Crippen LogP contribution in [0.4, 0.5) is 13.2 Å². The van der Waals surface area contributed by atoms with Crippen molar-refractivity contribution in [1.29, 1.82) is 0 Å². The molecule has 0 bridgehead atoms. The Balaban J connectivity index is 2.12. The van der Waals surface area contributed by atoms with E-state index in [1.807, 2.05) is 0 Å². The van der Waals surface area contributed by atoms with Crippen molar-refractivity contribution in [2.45, 2.75) is 24.4 Å². The number of hydrogen-bond acceptors (Lipinski definition) is 5. The van der Waals surface area contributed by atoms with Crippen LogP contribution in [0.15, 0.2) is 23.2 Å². The summed E-state index contributed by atoms with van der Waals surface area (Å²) in [6, 6.07) is 2.09. The van der Waals surface area contributed by atoms with Crippen molar-refractivity contribution in [1.82, 2.24) is 9.29 Å². The lowest BCUT2D eigenvalue weighted by molar-refractivity contribution is -0.154. The Hall–Kier alpha value is -1.88. The molecule has 134 valence electrons. The first-order chi connectivity index (χ1) is 10.9. The minimum absolute atomic E-state index is 0.0391. The van der Waals surface area contributed by atoms with Gasteiger partial charge in [0.05, 0.1) is 11.6 Å². The van der Waals surface area contributed by atoms with Crippen LogP contribution >= 0.6 is 0 Å². The van der Waals surface area contributed by atoms with Gasteiger partial charge in [0.1, 0.15) is 4.90 Å². The molecular formula is C13H15F3N2O5S. The minimum atomic E-state index is -4.52. The number of carboxylic acids is 1. The summed E-state index contributed by atoms with van der Waals surface area (Å²) < 4.78 is 66.5. The van der Waals surface area contributed by atoms with E-state index in [1.54, 1.807) is 0 Å². The molecule has 1 aromatic rings. The van der Waals surface area contributed by atoms with Crippen LogP contribution in [-0.4, -0.2) is 54.7 Å². The molecular weight excluding hydrogens is 353 g/mol. The van der Waals surface area contributed by atoms with E-state index in [2.05, 4.69) is 9.72 Å². The van der Waals surface area contributed by atoms with Crippen molar-refractivity contribution in [3.8, 4) is 5.88 Å². The number of carbonyl (C=O) groups is 1. The van der Waals surface area contributed by atoms with Crippen LogP contribution < -0.4 is 4.74 Å². The molecule has 7 nitrogen and oxygen atoms in total. The summed E-state index contributed by atoms with van der Waals surface area (Å²) in [5.41, 5.74) is -1.17. The van der Waals surface area contributed by atoms with Gasteiger partial charge in [0.2, 0.25) is 15.9 Å². The van der Waals surface area contributed by atoms with Crippen LogP contribution in [0, 0.1) is 5.41 Å². The fraction of sp³-hybridized carbons (Fsp3) is 0.538. The van der Waals surface area contributed by atoms with Crippen LogP contribution in [0.5, 0.6) is 5.88 Å². The van der Waals surface area contributed by atoms with E-state index in [-0.39, 0.29) is 30.3 Å². The van der Waals surface area contributed by atoms with Gasteiger partial charge in [-0.1, -0.05) is 0 Å². The smallest absolute Gasteiger partial charge is 0.422 e. The standard InChI is InChI=1S/C13H15F3N2O5S/c1-12(11(19)20)4-5-18(7-12)24(21,22)9-2-3-10(17-6-9)23-8-13(14,15)16/h2-3,6H,4-5,7-8H2,1H3,(H,19,20). The number of pyridine rings is 1. The van der Waals surface area contributed by atoms with E-state index in [0.717, 1.165) is 22.6 Å². The second kappa shape index (κ2) is 6.20. The molecule has 2 heterocycles. The highest BCUT2D eigenvalue weighted by molar-refractivity contribution is 7.89. The number of nitrogens with zero attached hydrogens (tertiary/aromatic N) is 2. The number of hydrogen-bond donors (Lipinski definition) is 1. The van der Waals surface area contributed by atoms with Crippen LogP contribution in [0.1, 0.15) is 13.3 Å². The number of aromatic nitrogens is 1. The molecule has 1 aliphatic heterocycles. The van der Waals surface area contributed by atoms with Gasteiger partial charge in [-0.15, -0.1) is 0 Å². The Morgan fingerprint density at radius 1 is 1.46 bits per heavy atom. The molecule has 1 atom stereocenters. The molecule has 11 heteroatoms. The Morgan fingerprint density at radius 2 is 2.12 bits per heavy atom. The van der Waals surface area contributed by atoms with Gasteiger partial charge < -0.3 is 9.84 Å². The number of alkyl halides is 3. The summed E-state index contributed by atoms with van der Waals surface area (Å²) in [6.45, 7) is -0.221. The molecule has 0 saturated carbocycles. The predicted molar refractivity (Wildman–Crippen MR) is 74.9 cm³/mol. The molecule has 1 unspecified atom stereocenters. The summed E-state index contributed by atoms with van der Waals surface area (Å²) in [5, 5.41) is 9.15. The molecule has 24 heavy (non-hydrogen) atoms. The summed E-state index contributed by atoms with van der Waals surface area (Å²) in [7, 11) is -3.97. The minimum Gasteiger partial charge on any atom is -0.481 e. The molecule has 1 aromatic heterocycles. The molecule has 0 aliphatic carbocycles. The van der Waals surface area contributed by atoms with Gasteiger partial charge >= 0.3 is 12.1 Å². The van der Waals surface area contributed by atoms with E-state index in [0.29, 0.717) is 0 Å². The number of carboxylic acid groups (broad SMARTS) is 1. The molecule has 1 aliphatic rings. The normalized spacial score (nSPS) is 22.5. The van der Waals surface area contributed by atoms with Gasteiger partial charge in [-0.3, -0.25) is 4.79 Å². The second-order valence-corrected chi connectivity index (χ2v) is 7.63. The average Bonchev–Trinajstić information content (AvgIpc) is 2.90. The van der Waals surface area contributed by atoms with E-state index < -0.39 is 34.2 Å². The summed E-state index contributed by atoms with van der Waals surface area (Å²) in [5.74, 6) is -1.45. The fourth-order valence-corrected chi connectivity index (χ4v) is 3.72. The highest BCUT2D eigenvalue weighted by Crippen LogP contribution is 2.33. The van der Waals surface area contributed by atoms with Gasteiger partial charge in [0.15, 0.2) is 6.61 Å². The zero-order chi connectivity index (χ0) is 18.2. The lowest BCUT2D eigenvalue weighted by atomic mass is 9.90. The zero-order valence-corrected chi connectivity index (χ0v) is 13.4. The van der Waals surface area contributed by atoms with Crippen LogP contribution in [0.25, 0.3) is 0 Å². The molecule has 2 rings (SSSR count). The van der Waals surface area contributed by atoms with Gasteiger partial charge in [-0.2, -0.15) is 17.5 Å². The van der Waals surface area contributed by atoms with Crippen molar-refractivity contribution in [3.05, 3.63) is 18.3 Å². The van der Waals surface area contributed by atoms with Gasteiger partial charge in [-0.25, -0.2) is 13.4 Å². The third kappa shape index (κ3) is 3.96. The van der Waals surface area contributed by atoms with Crippen molar-refractivity contribution in [2.75, 3.05) is 19.7 Å². The molecule has 0 spiro atoms. The van der Waals surface area contributed by atoms with Crippen molar-refractivity contribution in [3.63, 3.8) is 0 Å². The molecule has 0 radical (unpaired) electrons. The number of halogens is 3. The van der Waals surface area contributed by atoms with Crippen molar-refractivity contribution in [2.24, 2.45) is 5.41 Å². The fourth-order valence-electron chi connectivity index (χ4n) is 2.21. The lowest BCUT2D eigenvalue weighted by Crippen LogP contribution is -2.34. The first-order valence-electron chi connectivity index (χ1n) is 6.83. The number of sulfonamides is 1. The maximum atomic E-state index is 12.4. The molecule has 1 saturated heterocycles. The monoisotopic (exact) mass is 368 g/mol. The maximum absolute atomic E-state index is 12.4. The highest BCUT2D eigenvalue weighted by Gasteiger charge is 2.45. The van der Waals surface area contributed by atoms with Crippen molar-refractivity contribution < 1.29 is 36.2 Å². The first-order valence-corrected chi connectivity index (χ1v) is 8.27. The van der Waals surface area contributed by atoms with Crippen LogP contribution in [0.2, 0.25) is 0 Å². The van der Waals surface area contributed by atoms with E-state index in [4.69, 9.17) is 5.11 Å². The maximum Gasteiger partial charge on any atom is 0.422 e. The van der Waals surface area contributed by atoms with Crippen LogP contribution in [-0.2, 0) is 14.8 Å². The first kappa shape index (κ1) is 18.5. The number of aliphatic carboxylic acids is 1. The molecule has 1 fully saturated rings. The van der Waals surface area contributed by atoms with E-state index >= 15 is 0 Å². The third-order valence-electron chi connectivity index (χ3n) is 3.69. The Labute approximate surface area is 136 Å². The third-order valence-corrected chi connectivity index (χ3v) is 5.51. The second-order valence-electron chi connectivity index (χ2n) is 5.69. The van der Waals surface area contributed by atoms with E-state index in [1.165, 1.54) is 6.92 Å². The van der Waals surface area contributed by atoms with Crippen molar-refractivity contribution >= 4 is 16.0 Å². The van der Waals surface area contributed by atoms with Gasteiger partial charge in [0.25, 0.3) is 0 Å². The Kier molecular flexibility index (Phi) is 4.77. The summed E-state index contributed by atoms with van der Waals surface area (Å²) in [4.78, 5) is 14.5. The summed E-state index contributed by atoms with van der Waals surface area (Å²) in [6.07, 6.45) is -3.47. The Bertz CT molecular complexity index is 720. The molecule has 1 N–H and O–H groups in total. The highest BCUT2D eigenvalue weighted by atomic mass is 32.2. The number of ether oxygens (including phenoxy) is 1. The van der Waals surface area contributed by atoms with E-state index in [9.17, 15) is 26.4 Å². The van der Waals surface area contributed by atoms with Gasteiger partial charge in [-0.05, 0) is 19.4 Å². The number of rotatable bonds is 5. The average molecular weight is 368 g/mol. The lowest BCUT2D eigenvalue weighted by Gasteiger charge is -2.20. The SMILES string of the molecule is CC1(C(=O)O)CCN(S(=O)(=O)c2ccc(OCC(F)(F)F)nc2)C1. The quantitative estimate of drug-likeness (QED) is 0.846. The van der Waals surface area contributed by atoms with Gasteiger partial charge in [0, 0.05) is 19.2 Å². The zero-order valence-electron chi connectivity index (χ0n) is 12.6. The predicted octanol–water partition coefficient (Wildman–Crippen LogP) is 1.51. The topological polar surface area (TPSA) is 96.8 Å². The Morgan fingerprint density at radius 3 is 2.58 bits per heavy atom.